The molecule has 0 spiro atoms. The van der Waals surface area contributed by atoms with Crippen LogP contribution >= 0.6 is 7.60 Å². The standard InChI is InChI=1S/C19H30N5O10P.C3H6O3/c1-12(2)33-18(25)28-9-31-35(27,32-10-29-19(26)34-13(3)4)11-30-14(5)6-24-8-23-15-16(20)21-7-22-17(15)24;1-2(4)3(5)6/h7-8,12-14H,6,9-11H2,1-5H3,(H2,20,21,22);2,4H,1H3,(H,5,6)/t14-;/m1./s1. The van der Waals surface area contributed by atoms with Crippen molar-refractivity contribution >= 4 is 42.9 Å². The number of hydrogen-bond donors (Lipinski definition) is 3. The van der Waals surface area contributed by atoms with Crippen molar-refractivity contribution in [2.45, 2.75) is 72.5 Å². The second kappa shape index (κ2) is 17.3. The van der Waals surface area contributed by atoms with Crippen LogP contribution in [0.5, 0.6) is 0 Å². The van der Waals surface area contributed by atoms with Crippen molar-refractivity contribution in [1.29, 1.82) is 0 Å². The van der Waals surface area contributed by atoms with Gasteiger partial charge in [0.2, 0.25) is 13.6 Å². The maximum Gasteiger partial charge on any atom is 0.510 e. The Labute approximate surface area is 235 Å². The van der Waals surface area contributed by atoms with Crippen LogP contribution in [0.4, 0.5) is 15.4 Å². The van der Waals surface area contributed by atoms with Gasteiger partial charge in [-0.15, -0.1) is 0 Å². The number of carbonyl (C=O) groups is 3. The number of imidazole rings is 1. The monoisotopic (exact) mass is 609 g/mol. The molecule has 2 aromatic rings. The minimum Gasteiger partial charge on any atom is -0.479 e. The molecule has 19 heteroatoms. The molecule has 0 amide bonds. The molecule has 0 saturated heterocycles. The first kappa shape index (κ1) is 35.5. The van der Waals surface area contributed by atoms with Crippen LogP contribution < -0.4 is 5.73 Å². The van der Waals surface area contributed by atoms with Gasteiger partial charge < -0.3 is 44.2 Å². The number of aliphatic hydroxyl groups is 1. The average Bonchev–Trinajstić information content (AvgIpc) is 3.26. The highest BCUT2D eigenvalue weighted by molar-refractivity contribution is 7.53. The van der Waals surface area contributed by atoms with Gasteiger partial charge in [0.15, 0.2) is 11.5 Å². The van der Waals surface area contributed by atoms with Gasteiger partial charge in [-0.2, -0.15) is 0 Å². The zero-order valence-electron chi connectivity index (χ0n) is 23.5. The number of fused-ring (bicyclic) bond motifs is 1. The maximum absolute atomic E-state index is 13.1. The van der Waals surface area contributed by atoms with Crippen molar-refractivity contribution in [1.82, 2.24) is 19.5 Å². The molecule has 2 rings (SSSR count). The van der Waals surface area contributed by atoms with E-state index in [4.69, 9.17) is 48.7 Å². The van der Waals surface area contributed by atoms with E-state index in [1.165, 1.54) is 19.6 Å². The minimum atomic E-state index is -4.06. The van der Waals surface area contributed by atoms with Gasteiger partial charge >= 0.3 is 25.9 Å². The molecule has 0 aliphatic carbocycles. The molecule has 41 heavy (non-hydrogen) atoms. The number of nitrogen functional groups attached to an aromatic ring is 1. The van der Waals surface area contributed by atoms with Crippen LogP contribution in [0.25, 0.3) is 11.2 Å². The highest BCUT2D eigenvalue weighted by atomic mass is 31.2. The number of carboxylic acid groups (broad SMARTS) is 1. The third kappa shape index (κ3) is 14.1. The zero-order chi connectivity index (χ0) is 31.2. The van der Waals surface area contributed by atoms with Crippen molar-refractivity contribution in [2.75, 3.05) is 25.7 Å². The van der Waals surface area contributed by atoms with Gasteiger partial charge in [-0.25, -0.2) is 29.3 Å². The largest absolute Gasteiger partial charge is 0.510 e. The van der Waals surface area contributed by atoms with Crippen LogP contribution in [0.1, 0.15) is 41.5 Å². The summed E-state index contributed by atoms with van der Waals surface area (Å²) in [7, 11) is -4.06. The average molecular weight is 610 g/mol. The molecule has 18 nitrogen and oxygen atoms in total. The predicted molar refractivity (Wildman–Crippen MR) is 139 cm³/mol. The topological polar surface area (TPSA) is 243 Å². The Morgan fingerprint density at radius 3 is 1.93 bits per heavy atom. The van der Waals surface area contributed by atoms with Gasteiger partial charge in [0.25, 0.3) is 0 Å². The number of nitrogens with zero attached hydrogens (tertiary/aromatic N) is 4. The fraction of sp³-hybridized carbons (Fsp3) is 0.636. The van der Waals surface area contributed by atoms with Crippen LogP contribution in [-0.2, 0) is 48.6 Å². The molecule has 2 heterocycles. The second-order valence-electron chi connectivity index (χ2n) is 8.68. The summed E-state index contributed by atoms with van der Waals surface area (Å²) in [4.78, 5) is 44.7. The van der Waals surface area contributed by atoms with Crippen molar-refractivity contribution in [3.8, 4) is 0 Å². The number of aliphatic hydroxyl groups excluding tert-OH is 1. The molecular weight excluding hydrogens is 573 g/mol. The quantitative estimate of drug-likeness (QED) is 0.158. The lowest BCUT2D eigenvalue weighted by Crippen LogP contribution is -2.20. The highest BCUT2D eigenvalue weighted by Crippen LogP contribution is 2.48. The number of aliphatic carboxylic acids is 1. The summed E-state index contributed by atoms with van der Waals surface area (Å²) in [6.07, 6.45) is -2.37. The van der Waals surface area contributed by atoms with E-state index < -0.39 is 70.2 Å². The van der Waals surface area contributed by atoms with Crippen molar-refractivity contribution in [3.63, 3.8) is 0 Å². The van der Waals surface area contributed by atoms with Gasteiger partial charge in [0.05, 0.1) is 31.2 Å². The summed E-state index contributed by atoms with van der Waals surface area (Å²) in [5.74, 6) is -0.949. The number of anilines is 1. The van der Waals surface area contributed by atoms with Gasteiger partial charge in [-0.05, 0) is 41.5 Å². The number of rotatable bonds is 14. The maximum atomic E-state index is 13.1. The smallest absolute Gasteiger partial charge is 0.479 e. The molecule has 0 aromatic carbocycles. The van der Waals surface area contributed by atoms with E-state index in [1.807, 2.05) is 0 Å². The molecule has 0 radical (unpaired) electrons. The number of nitrogens with two attached hydrogens (primary N) is 1. The summed E-state index contributed by atoms with van der Waals surface area (Å²) in [5.41, 5.74) is 6.72. The molecule has 232 valence electrons. The molecule has 0 aliphatic rings. The lowest BCUT2D eigenvalue weighted by molar-refractivity contribution is -0.145. The van der Waals surface area contributed by atoms with Gasteiger partial charge in [-0.1, -0.05) is 0 Å². The summed E-state index contributed by atoms with van der Waals surface area (Å²) in [6.45, 7) is 8.17. The Morgan fingerprint density at radius 1 is 0.951 bits per heavy atom. The van der Waals surface area contributed by atoms with Crippen LogP contribution in [0.2, 0.25) is 0 Å². The van der Waals surface area contributed by atoms with Gasteiger partial charge in [-0.3, -0.25) is 13.6 Å². The zero-order valence-corrected chi connectivity index (χ0v) is 24.4. The summed E-state index contributed by atoms with van der Waals surface area (Å²) >= 11 is 0. The molecule has 4 N–H and O–H groups in total. The Bertz CT molecular complexity index is 1140. The van der Waals surface area contributed by atoms with Crippen LogP contribution in [0.15, 0.2) is 12.7 Å². The fourth-order valence-electron chi connectivity index (χ4n) is 2.45. The lowest BCUT2D eigenvalue weighted by atomic mass is 10.4. The highest BCUT2D eigenvalue weighted by Gasteiger charge is 2.29. The van der Waals surface area contributed by atoms with Crippen molar-refractivity contribution in [3.05, 3.63) is 12.7 Å². The van der Waals surface area contributed by atoms with E-state index in [-0.39, 0.29) is 12.4 Å². The molecule has 0 saturated carbocycles. The normalized spacial score (nSPS) is 12.8. The second-order valence-corrected chi connectivity index (χ2v) is 10.7. The fourth-order valence-corrected chi connectivity index (χ4v) is 3.54. The number of ether oxygens (including phenoxy) is 5. The van der Waals surface area contributed by atoms with Crippen LogP contribution in [0, 0.1) is 0 Å². The Morgan fingerprint density at radius 2 is 1.46 bits per heavy atom. The van der Waals surface area contributed by atoms with Gasteiger partial charge in [0.1, 0.15) is 24.3 Å². The first-order valence-electron chi connectivity index (χ1n) is 12.1. The van der Waals surface area contributed by atoms with E-state index in [0.717, 1.165) is 0 Å². The van der Waals surface area contributed by atoms with Crippen molar-refractivity contribution in [2.24, 2.45) is 0 Å². The predicted octanol–water partition coefficient (Wildman–Crippen LogP) is 2.49. The first-order valence-corrected chi connectivity index (χ1v) is 13.8. The number of carboxylic acids is 1. The molecule has 2 atom stereocenters. The lowest BCUT2D eigenvalue weighted by Gasteiger charge is -2.21. The third-order valence-corrected chi connectivity index (χ3v) is 5.74. The van der Waals surface area contributed by atoms with Crippen LogP contribution in [-0.4, -0.2) is 92.4 Å². The van der Waals surface area contributed by atoms with Gasteiger partial charge in [0, 0.05) is 0 Å². The molecule has 0 fully saturated rings. The van der Waals surface area contributed by atoms with E-state index in [1.54, 1.807) is 39.2 Å². The summed E-state index contributed by atoms with van der Waals surface area (Å²) in [6, 6.07) is 0. The SMILES string of the molecule is CC(C)OC(=O)OCOP(=O)(CO[C@H](C)Cn1cnc2c(N)ncnc21)OCOC(=O)OC(C)C.CC(O)C(=O)O. The molecule has 1 unspecified atom stereocenters. The first-order chi connectivity index (χ1) is 19.1. The minimum absolute atomic E-state index is 0.237. The molecular formula is C22H36N5O13P. The summed E-state index contributed by atoms with van der Waals surface area (Å²) < 4.78 is 49.7. The summed E-state index contributed by atoms with van der Waals surface area (Å²) in [5, 5.41) is 15.8. The number of aromatic nitrogens is 4. The Balaban J connectivity index is 0.00000126. The van der Waals surface area contributed by atoms with E-state index in [2.05, 4.69) is 15.0 Å². The van der Waals surface area contributed by atoms with E-state index in [0.29, 0.717) is 11.2 Å². The van der Waals surface area contributed by atoms with E-state index in [9.17, 15) is 18.9 Å². The Kier molecular flexibility index (Phi) is 15.0. The molecule has 0 aliphatic heterocycles. The number of carbonyl (C=O) groups excluding carboxylic acids is 2. The van der Waals surface area contributed by atoms with Crippen LogP contribution in [0.3, 0.4) is 0 Å². The molecule has 2 aromatic heterocycles. The third-order valence-electron chi connectivity index (χ3n) is 4.27. The molecule has 0 bridgehead atoms. The number of hydrogen-bond acceptors (Lipinski definition) is 16. The Hall–Kier alpha value is -3.57. The van der Waals surface area contributed by atoms with E-state index >= 15 is 0 Å². The van der Waals surface area contributed by atoms with Crippen molar-refractivity contribution < 1.29 is 61.9 Å².